The summed E-state index contributed by atoms with van der Waals surface area (Å²) in [6, 6.07) is 13.8. The number of rotatable bonds is 4. The highest BCUT2D eigenvalue weighted by atomic mass is 16.3. The summed E-state index contributed by atoms with van der Waals surface area (Å²) in [5, 5.41) is 15.7. The number of amides is 4. The Morgan fingerprint density at radius 1 is 1.03 bits per heavy atom. The molecule has 3 aliphatic rings. The average Bonchev–Trinajstić information content (AvgIpc) is 3.11. The van der Waals surface area contributed by atoms with Crippen molar-refractivity contribution in [3.05, 3.63) is 65.4 Å². The summed E-state index contributed by atoms with van der Waals surface area (Å²) >= 11 is 0. The van der Waals surface area contributed by atoms with Gasteiger partial charge in [-0.05, 0) is 36.6 Å². The zero-order chi connectivity index (χ0) is 26.1. The van der Waals surface area contributed by atoms with Gasteiger partial charge in [0.1, 0.15) is 5.76 Å². The third-order valence-corrected chi connectivity index (χ3v) is 7.28. The second-order valence-electron chi connectivity index (χ2n) is 9.83. The van der Waals surface area contributed by atoms with E-state index in [0.717, 1.165) is 42.6 Å². The number of nitrogens with one attached hydrogen (secondary N) is 2. The van der Waals surface area contributed by atoms with Crippen molar-refractivity contribution in [3.63, 3.8) is 0 Å². The Kier molecular flexibility index (Phi) is 6.69. The van der Waals surface area contributed by atoms with Gasteiger partial charge >= 0.3 is 6.03 Å². The predicted molar refractivity (Wildman–Crippen MR) is 143 cm³/mol. The zero-order valence-electron chi connectivity index (χ0n) is 21.0. The smallest absolute Gasteiger partial charge is 0.321 e. The van der Waals surface area contributed by atoms with Crippen LogP contribution < -0.4 is 15.5 Å². The Balaban J connectivity index is 1.38. The van der Waals surface area contributed by atoms with Gasteiger partial charge in [0.15, 0.2) is 0 Å². The number of para-hydroxylation sites is 1. The Morgan fingerprint density at radius 3 is 2.51 bits per heavy atom. The van der Waals surface area contributed by atoms with Crippen molar-refractivity contribution < 1.29 is 19.5 Å². The van der Waals surface area contributed by atoms with Gasteiger partial charge in [-0.2, -0.15) is 0 Å². The van der Waals surface area contributed by atoms with Gasteiger partial charge < -0.3 is 25.5 Å². The first-order valence-corrected chi connectivity index (χ1v) is 12.6. The standard InChI is InChI=1S/C28H31N5O4/c1-32-16-22(34)23(26(32)35)18-11-8-12-19(15-18)29-28(37)31-25-27(36)33(2)21-14-7-6-13-20(21)24(30-25)17-9-4-3-5-10-17/h6-8,11-15,17,25,34H,3-5,9-10,16H2,1-2H3,(H2,29,31,37)/t25-/m0/s1. The van der Waals surface area contributed by atoms with Gasteiger partial charge in [0.25, 0.3) is 11.8 Å². The lowest BCUT2D eigenvalue weighted by molar-refractivity contribution is -0.122. The lowest BCUT2D eigenvalue weighted by Crippen LogP contribution is -2.47. The summed E-state index contributed by atoms with van der Waals surface area (Å²) in [5.41, 5.74) is 3.73. The molecule has 0 aromatic heterocycles. The van der Waals surface area contributed by atoms with E-state index in [1.807, 2.05) is 24.3 Å². The molecule has 9 heteroatoms. The number of aliphatic hydroxyl groups is 1. The third-order valence-electron chi connectivity index (χ3n) is 7.28. The van der Waals surface area contributed by atoms with Crippen molar-refractivity contribution in [1.82, 2.24) is 10.2 Å². The molecule has 37 heavy (non-hydrogen) atoms. The van der Waals surface area contributed by atoms with Gasteiger partial charge in [0.2, 0.25) is 6.17 Å². The van der Waals surface area contributed by atoms with Crippen molar-refractivity contribution in [1.29, 1.82) is 0 Å². The van der Waals surface area contributed by atoms with Crippen LogP contribution in [-0.2, 0) is 9.59 Å². The predicted octanol–water partition coefficient (Wildman–Crippen LogP) is 3.92. The Labute approximate surface area is 215 Å². The van der Waals surface area contributed by atoms with E-state index in [2.05, 4.69) is 10.6 Å². The molecule has 1 atom stereocenters. The van der Waals surface area contributed by atoms with E-state index in [1.165, 1.54) is 11.3 Å². The maximum absolute atomic E-state index is 13.4. The van der Waals surface area contributed by atoms with Crippen LogP contribution in [0, 0.1) is 5.92 Å². The monoisotopic (exact) mass is 501 g/mol. The van der Waals surface area contributed by atoms with Gasteiger partial charge in [-0.15, -0.1) is 0 Å². The number of aliphatic imine (C=N–C) groups is 1. The van der Waals surface area contributed by atoms with Crippen LogP contribution in [0.25, 0.3) is 5.57 Å². The number of fused-ring (bicyclic) bond motifs is 1. The van der Waals surface area contributed by atoms with Crippen molar-refractivity contribution in [2.24, 2.45) is 10.9 Å². The molecule has 1 fully saturated rings. The molecule has 2 aromatic rings. The minimum Gasteiger partial charge on any atom is -0.510 e. The van der Waals surface area contributed by atoms with Gasteiger partial charge in [-0.1, -0.05) is 49.6 Å². The highest BCUT2D eigenvalue weighted by molar-refractivity contribution is 6.22. The summed E-state index contributed by atoms with van der Waals surface area (Å²) in [6.07, 6.45) is 4.38. The van der Waals surface area contributed by atoms with Crippen LogP contribution in [0.15, 0.2) is 59.3 Å². The van der Waals surface area contributed by atoms with Crippen LogP contribution in [0.3, 0.4) is 0 Å². The Hall–Kier alpha value is -4.14. The Morgan fingerprint density at radius 2 is 1.78 bits per heavy atom. The van der Waals surface area contributed by atoms with Gasteiger partial charge in [-0.25, -0.2) is 4.79 Å². The van der Waals surface area contributed by atoms with E-state index in [4.69, 9.17) is 4.99 Å². The SMILES string of the molecule is CN1CC(O)=C(c2cccc(NC(=O)N[C@@H]3N=C(C4CCCCC4)c4ccccc4N(C)C3=O)c2)C1=O. The topological polar surface area (TPSA) is 114 Å². The molecule has 1 saturated carbocycles. The van der Waals surface area contributed by atoms with E-state index in [9.17, 15) is 19.5 Å². The van der Waals surface area contributed by atoms with Gasteiger partial charge in [0, 0.05) is 31.3 Å². The van der Waals surface area contributed by atoms with Gasteiger partial charge in [0.05, 0.1) is 23.5 Å². The molecule has 9 nitrogen and oxygen atoms in total. The summed E-state index contributed by atoms with van der Waals surface area (Å²) in [7, 11) is 3.31. The fourth-order valence-corrected chi connectivity index (χ4v) is 5.37. The van der Waals surface area contributed by atoms with E-state index in [-0.39, 0.29) is 35.6 Å². The molecule has 4 amide bonds. The van der Waals surface area contributed by atoms with Gasteiger partial charge in [-0.3, -0.25) is 14.6 Å². The minimum atomic E-state index is -1.07. The van der Waals surface area contributed by atoms with Crippen molar-refractivity contribution >= 4 is 40.5 Å². The minimum absolute atomic E-state index is 0.00895. The quantitative estimate of drug-likeness (QED) is 0.589. The number of hydrogen-bond acceptors (Lipinski definition) is 5. The summed E-state index contributed by atoms with van der Waals surface area (Å²) in [4.78, 5) is 46.6. The van der Waals surface area contributed by atoms with Crippen LogP contribution in [-0.4, -0.2) is 60.4 Å². The lowest BCUT2D eigenvalue weighted by Gasteiger charge is -2.25. The number of urea groups is 1. The van der Waals surface area contributed by atoms with E-state index < -0.39 is 12.2 Å². The number of anilines is 2. The zero-order valence-corrected chi connectivity index (χ0v) is 21.0. The molecule has 2 aliphatic heterocycles. The molecule has 2 aromatic carbocycles. The number of benzene rings is 2. The van der Waals surface area contributed by atoms with Crippen molar-refractivity contribution in [2.75, 3.05) is 30.9 Å². The molecular weight excluding hydrogens is 470 g/mol. The van der Waals surface area contributed by atoms with Crippen LogP contribution in [0.1, 0.15) is 43.2 Å². The number of carbonyl (C=O) groups is 3. The normalized spacial score (nSPS) is 20.5. The number of likely N-dealkylation sites (N-methyl/N-ethyl adjacent to an activating group) is 2. The van der Waals surface area contributed by atoms with Crippen LogP contribution in [0.5, 0.6) is 0 Å². The third kappa shape index (κ3) is 4.81. The first kappa shape index (κ1) is 24.5. The average molecular weight is 502 g/mol. The molecule has 0 radical (unpaired) electrons. The lowest BCUT2D eigenvalue weighted by atomic mass is 9.83. The maximum Gasteiger partial charge on any atom is 0.321 e. The highest BCUT2D eigenvalue weighted by Crippen LogP contribution is 2.33. The number of carbonyl (C=O) groups excluding carboxylic acids is 3. The molecule has 0 unspecified atom stereocenters. The molecule has 192 valence electrons. The van der Waals surface area contributed by atoms with Crippen LogP contribution in [0.4, 0.5) is 16.2 Å². The first-order valence-electron chi connectivity index (χ1n) is 12.6. The van der Waals surface area contributed by atoms with Crippen LogP contribution in [0.2, 0.25) is 0 Å². The van der Waals surface area contributed by atoms with E-state index in [0.29, 0.717) is 11.3 Å². The molecule has 1 aliphatic carbocycles. The summed E-state index contributed by atoms with van der Waals surface area (Å²) < 4.78 is 0. The number of aliphatic hydroxyl groups excluding tert-OH is 1. The second kappa shape index (κ2) is 10.1. The first-order chi connectivity index (χ1) is 17.8. The Bertz CT molecular complexity index is 1310. The molecule has 2 heterocycles. The molecule has 5 rings (SSSR count). The molecule has 0 saturated heterocycles. The largest absolute Gasteiger partial charge is 0.510 e. The fourth-order valence-electron chi connectivity index (χ4n) is 5.37. The number of nitrogens with zero attached hydrogens (tertiary/aromatic N) is 3. The molecular formula is C28H31N5O4. The number of hydrogen-bond donors (Lipinski definition) is 3. The molecule has 3 N–H and O–H groups in total. The highest BCUT2D eigenvalue weighted by Gasteiger charge is 2.34. The van der Waals surface area contributed by atoms with Crippen molar-refractivity contribution in [2.45, 2.75) is 38.3 Å². The maximum atomic E-state index is 13.4. The fraction of sp³-hybridized carbons (Fsp3) is 0.357. The van der Waals surface area contributed by atoms with Crippen molar-refractivity contribution in [3.8, 4) is 0 Å². The molecule has 0 spiro atoms. The van der Waals surface area contributed by atoms with E-state index in [1.54, 1.807) is 43.3 Å². The second-order valence-corrected chi connectivity index (χ2v) is 9.83. The summed E-state index contributed by atoms with van der Waals surface area (Å²) in [6.45, 7) is 0.146. The van der Waals surface area contributed by atoms with Crippen LogP contribution >= 0.6 is 0 Å². The molecule has 0 bridgehead atoms. The number of benzodiazepines with no additional fused rings is 1. The summed E-state index contributed by atoms with van der Waals surface area (Å²) in [5.74, 6) is -0.376. The van der Waals surface area contributed by atoms with E-state index >= 15 is 0 Å².